The molecule has 11 nitrogen and oxygen atoms in total. The summed E-state index contributed by atoms with van der Waals surface area (Å²) in [4.78, 5) is 45.8. The normalized spacial score (nSPS) is 14.5. The van der Waals surface area contributed by atoms with Crippen molar-refractivity contribution in [2.75, 3.05) is 19.8 Å². The number of phosphoric acid groups is 1. The molecule has 0 spiro atoms. The number of rotatable bonds is 37. The summed E-state index contributed by atoms with van der Waals surface area (Å²) < 4.78 is 32.5. The number of hydrogen-bond acceptors (Lipinski definition) is 9. The van der Waals surface area contributed by atoms with Crippen LogP contribution in [0.25, 0.3) is 0 Å². The Morgan fingerprint density at radius 1 is 0.564 bits per heavy atom. The second-order valence-corrected chi connectivity index (χ2v) is 14.9. The van der Waals surface area contributed by atoms with Gasteiger partial charge in [0.05, 0.1) is 13.2 Å². The van der Waals surface area contributed by atoms with Gasteiger partial charge in [-0.3, -0.25) is 23.4 Å². The molecule has 12 heteroatoms. The molecule has 0 saturated heterocycles. The number of phosphoric ester groups is 1. The minimum Gasteiger partial charge on any atom is -0.480 e. The van der Waals surface area contributed by atoms with Gasteiger partial charge in [-0.2, -0.15) is 0 Å². The highest BCUT2D eigenvalue weighted by Crippen LogP contribution is 2.43. The smallest absolute Gasteiger partial charge is 0.472 e. The third-order valence-electron chi connectivity index (χ3n) is 8.19. The summed E-state index contributed by atoms with van der Waals surface area (Å²) in [6.45, 7) is 2.64. The number of esters is 2. The van der Waals surface area contributed by atoms with E-state index in [2.05, 4.69) is 73.1 Å². The van der Waals surface area contributed by atoms with Crippen LogP contribution in [0, 0.1) is 0 Å². The molecule has 0 amide bonds. The third-order valence-corrected chi connectivity index (χ3v) is 9.14. The Hall–Kier alpha value is -3.08. The Bertz CT molecular complexity index is 1210. The van der Waals surface area contributed by atoms with E-state index in [1.54, 1.807) is 0 Å². The summed E-state index contributed by atoms with van der Waals surface area (Å²) in [6.07, 6.45) is 44.1. The fourth-order valence-corrected chi connectivity index (χ4v) is 5.70. The highest BCUT2D eigenvalue weighted by molar-refractivity contribution is 7.47. The molecular weight excluding hydrogens is 721 g/mol. The zero-order valence-corrected chi connectivity index (χ0v) is 34.6. The van der Waals surface area contributed by atoms with Gasteiger partial charge in [0.1, 0.15) is 12.6 Å². The molecular formula is C43H72NO10P. The van der Waals surface area contributed by atoms with E-state index in [0.29, 0.717) is 19.3 Å². The molecule has 0 bridgehead atoms. The van der Waals surface area contributed by atoms with E-state index in [-0.39, 0.29) is 19.4 Å². The van der Waals surface area contributed by atoms with E-state index in [4.69, 9.17) is 24.8 Å². The Kier molecular flexibility index (Phi) is 35.7. The number of carboxylic acids is 1. The number of unbranched alkanes of at least 4 members (excludes halogenated alkanes) is 11. The highest BCUT2D eigenvalue weighted by Gasteiger charge is 2.28. The fraction of sp³-hybridized carbons (Fsp3) is 0.651. The average molecular weight is 794 g/mol. The van der Waals surface area contributed by atoms with Crippen molar-refractivity contribution in [3.8, 4) is 0 Å². The molecule has 0 aliphatic carbocycles. The first-order valence-corrected chi connectivity index (χ1v) is 22.0. The molecule has 0 heterocycles. The zero-order valence-electron chi connectivity index (χ0n) is 33.7. The standard InChI is InChI=1S/C43H72NO10P/c1-3-5-7-9-11-13-15-17-18-19-20-21-22-23-25-27-29-31-33-35-42(46)54-39(37-52-55(49,50)53-38-40(44)43(47)48)36-51-41(45)34-32-30-28-26-24-16-14-12-10-8-6-4-2/h11-14,17-18,20-21,23,25,29,31,39-40H,3-10,15-16,19,22,24,26-28,30,32-38,44H2,1-2H3,(H,47,48)(H,49,50)/b13-11+,14-12+,18-17+,21-20+,25-23+,31-29+/t39-,40-/m0/s1. The first kappa shape index (κ1) is 51.9. The summed E-state index contributed by atoms with van der Waals surface area (Å²) in [7, 11) is -4.74. The lowest BCUT2D eigenvalue weighted by Crippen LogP contribution is -2.34. The van der Waals surface area contributed by atoms with Gasteiger partial charge >= 0.3 is 25.7 Å². The second-order valence-electron chi connectivity index (χ2n) is 13.4. The van der Waals surface area contributed by atoms with Gasteiger partial charge in [-0.1, -0.05) is 132 Å². The maximum Gasteiger partial charge on any atom is 0.472 e. The quantitative estimate of drug-likeness (QED) is 0.0236. The highest BCUT2D eigenvalue weighted by atomic mass is 31.2. The predicted molar refractivity (Wildman–Crippen MR) is 221 cm³/mol. The summed E-state index contributed by atoms with van der Waals surface area (Å²) in [5, 5.41) is 8.87. The molecule has 0 aliphatic rings. The van der Waals surface area contributed by atoms with Crippen molar-refractivity contribution in [2.45, 2.75) is 161 Å². The van der Waals surface area contributed by atoms with Crippen LogP contribution >= 0.6 is 7.82 Å². The lowest BCUT2D eigenvalue weighted by atomic mass is 10.1. The van der Waals surface area contributed by atoms with Gasteiger partial charge in [0.25, 0.3) is 0 Å². The van der Waals surface area contributed by atoms with Crippen LogP contribution in [0.4, 0.5) is 0 Å². The van der Waals surface area contributed by atoms with Crippen LogP contribution < -0.4 is 5.73 Å². The zero-order chi connectivity index (χ0) is 40.7. The van der Waals surface area contributed by atoms with Crippen molar-refractivity contribution in [1.29, 1.82) is 0 Å². The van der Waals surface area contributed by atoms with Crippen molar-refractivity contribution in [3.05, 3.63) is 72.9 Å². The van der Waals surface area contributed by atoms with Crippen molar-refractivity contribution in [3.63, 3.8) is 0 Å². The van der Waals surface area contributed by atoms with Crippen molar-refractivity contribution in [2.24, 2.45) is 5.73 Å². The lowest BCUT2D eigenvalue weighted by molar-refractivity contribution is -0.161. The van der Waals surface area contributed by atoms with E-state index >= 15 is 0 Å². The van der Waals surface area contributed by atoms with Crippen LogP contribution in [0.5, 0.6) is 0 Å². The van der Waals surface area contributed by atoms with Crippen LogP contribution in [-0.2, 0) is 37.5 Å². The molecule has 314 valence electrons. The van der Waals surface area contributed by atoms with Crippen LogP contribution in [0.1, 0.15) is 149 Å². The fourth-order valence-electron chi connectivity index (χ4n) is 4.92. The first-order chi connectivity index (χ1) is 26.6. The van der Waals surface area contributed by atoms with Crippen LogP contribution in [-0.4, -0.2) is 59.9 Å². The summed E-state index contributed by atoms with van der Waals surface area (Å²) in [6, 6.07) is -1.54. The maximum atomic E-state index is 12.6. The summed E-state index contributed by atoms with van der Waals surface area (Å²) in [5.74, 6) is -2.51. The summed E-state index contributed by atoms with van der Waals surface area (Å²) >= 11 is 0. The molecule has 4 N–H and O–H groups in total. The van der Waals surface area contributed by atoms with Crippen molar-refractivity contribution >= 4 is 25.7 Å². The first-order valence-electron chi connectivity index (χ1n) is 20.5. The minimum atomic E-state index is -4.74. The third kappa shape index (κ3) is 37.6. The number of ether oxygens (including phenoxy) is 2. The Labute approximate surface area is 331 Å². The Balaban J connectivity index is 4.56. The number of carboxylic acid groups (broad SMARTS) is 1. The number of aliphatic carboxylic acids is 1. The van der Waals surface area contributed by atoms with Gasteiger partial charge in [0, 0.05) is 12.8 Å². The molecule has 1 unspecified atom stereocenters. The van der Waals surface area contributed by atoms with Gasteiger partial charge in [0.15, 0.2) is 6.10 Å². The SMILES string of the molecule is CCCCC/C=C/C/C=C/C/C=C/C/C=C/C/C=C/CCC(=O)O[C@@H](COC(=O)CCCCCCC/C=C/CCCCC)COP(=O)(O)OC[C@H](N)C(=O)O. The number of nitrogens with two attached hydrogens (primary N) is 1. The lowest BCUT2D eigenvalue weighted by Gasteiger charge is -2.20. The van der Waals surface area contributed by atoms with E-state index in [1.807, 2.05) is 18.2 Å². The van der Waals surface area contributed by atoms with E-state index in [1.165, 1.54) is 38.5 Å². The van der Waals surface area contributed by atoms with E-state index in [9.17, 15) is 23.8 Å². The molecule has 0 aromatic carbocycles. The van der Waals surface area contributed by atoms with Gasteiger partial charge in [-0.15, -0.1) is 0 Å². The number of hydrogen-bond donors (Lipinski definition) is 3. The van der Waals surface area contributed by atoms with Crippen molar-refractivity contribution in [1.82, 2.24) is 0 Å². The molecule has 0 fully saturated rings. The Morgan fingerprint density at radius 2 is 1.00 bits per heavy atom. The van der Waals surface area contributed by atoms with Crippen LogP contribution in [0.2, 0.25) is 0 Å². The molecule has 0 saturated carbocycles. The molecule has 0 radical (unpaired) electrons. The number of allylic oxidation sites excluding steroid dienone is 12. The summed E-state index contributed by atoms with van der Waals surface area (Å²) in [5.41, 5.74) is 5.32. The number of carbonyl (C=O) groups is 3. The van der Waals surface area contributed by atoms with E-state index in [0.717, 1.165) is 64.2 Å². The minimum absolute atomic E-state index is 0.0327. The van der Waals surface area contributed by atoms with Crippen molar-refractivity contribution < 1.29 is 47.5 Å². The predicted octanol–water partition coefficient (Wildman–Crippen LogP) is 10.6. The monoisotopic (exact) mass is 793 g/mol. The Morgan fingerprint density at radius 3 is 1.53 bits per heavy atom. The molecule has 3 atom stereocenters. The molecule has 0 aromatic rings. The average Bonchev–Trinajstić information content (AvgIpc) is 3.16. The maximum absolute atomic E-state index is 12.6. The van der Waals surface area contributed by atoms with Gasteiger partial charge in [-0.05, 0) is 77.0 Å². The van der Waals surface area contributed by atoms with Gasteiger partial charge in [-0.25, -0.2) is 4.57 Å². The topological polar surface area (TPSA) is 172 Å². The molecule has 0 aliphatic heterocycles. The van der Waals surface area contributed by atoms with Gasteiger partial charge in [0.2, 0.25) is 0 Å². The molecule has 0 rings (SSSR count). The number of carbonyl (C=O) groups excluding carboxylic acids is 2. The molecule has 55 heavy (non-hydrogen) atoms. The second kappa shape index (κ2) is 37.8. The van der Waals surface area contributed by atoms with Crippen LogP contribution in [0.15, 0.2) is 72.9 Å². The van der Waals surface area contributed by atoms with Gasteiger partial charge < -0.3 is 25.2 Å². The largest absolute Gasteiger partial charge is 0.480 e. The molecule has 0 aromatic heterocycles. The van der Waals surface area contributed by atoms with E-state index < -0.39 is 51.1 Å². The van der Waals surface area contributed by atoms with Crippen LogP contribution in [0.3, 0.4) is 0 Å².